The first kappa shape index (κ1) is 25.4. The van der Waals surface area contributed by atoms with Crippen LogP contribution < -0.4 is 5.32 Å². The zero-order valence-corrected chi connectivity index (χ0v) is 21.5. The molecule has 5 nitrogen and oxygen atoms in total. The van der Waals surface area contributed by atoms with Crippen LogP contribution in [0.25, 0.3) is 0 Å². The predicted molar refractivity (Wildman–Crippen MR) is 149 cm³/mol. The van der Waals surface area contributed by atoms with Crippen molar-refractivity contribution in [2.24, 2.45) is 0 Å². The summed E-state index contributed by atoms with van der Waals surface area (Å²) in [7, 11) is 0. The second-order valence-electron chi connectivity index (χ2n) is 9.90. The maximum absolute atomic E-state index is 13.4. The molecule has 0 aliphatic carbocycles. The van der Waals surface area contributed by atoms with Gasteiger partial charge in [0.1, 0.15) is 5.60 Å². The zero-order chi connectivity index (χ0) is 26.5. The molecule has 0 unspecified atom stereocenters. The van der Waals surface area contributed by atoms with E-state index in [4.69, 9.17) is 0 Å². The minimum atomic E-state index is -1.41. The predicted octanol–water partition coefficient (Wildman–Crippen LogP) is 4.87. The number of carbonyl (C=O) groups is 2. The van der Waals surface area contributed by atoms with Crippen LogP contribution in [0.1, 0.15) is 45.1 Å². The molecule has 0 aromatic heterocycles. The van der Waals surface area contributed by atoms with Crippen LogP contribution in [0, 0.1) is 0 Å². The Bertz CT molecular complexity index is 1360. The van der Waals surface area contributed by atoms with E-state index >= 15 is 0 Å². The number of hydrogen-bond donors (Lipinski definition) is 2. The maximum atomic E-state index is 13.4. The molecule has 38 heavy (non-hydrogen) atoms. The number of nitrogens with one attached hydrogen (secondary N) is 1. The first-order chi connectivity index (χ1) is 18.4. The van der Waals surface area contributed by atoms with Gasteiger partial charge in [-0.25, -0.2) is 0 Å². The van der Waals surface area contributed by atoms with Gasteiger partial charge < -0.3 is 15.3 Å². The van der Waals surface area contributed by atoms with Crippen LogP contribution >= 0.6 is 0 Å². The van der Waals surface area contributed by atoms with E-state index in [1.54, 1.807) is 0 Å². The van der Waals surface area contributed by atoms with Crippen molar-refractivity contribution in [3.05, 3.63) is 143 Å². The van der Waals surface area contributed by atoms with Crippen LogP contribution in [0.4, 0.5) is 0 Å². The van der Waals surface area contributed by atoms with Gasteiger partial charge in [0.15, 0.2) is 0 Å². The highest BCUT2D eigenvalue weighted by Crippen LogP contribution is 2.33. The summed E-state index contributed by atoms with van der Waals surface area (Å²) in [5.41, 5.74) is 3.65. The Kier molecular flexibility index (Phi) is 7.38. The average molecular weight is 505 g/mol. The van der Waals surface area contributed by atoms with E-state index in [0.717, 1.165) is 23.1 Å². The number of fused-ring (bicyclic) bond motifs is 1. The van der Waals surface area contributed by atoms with Crippen molar-refractivity contribution in [3.8, 4) is 0 Å². The van der Waals surface area contributed by atoms with E-state index in [1.807, 2.05) is 121 Å². The lowest BCUT2D eigenvalue weighted by molar-refractivity contribution is -0.131. The zero-order valence-electron chi connectivity index (χ0n) is 21.5. The number of hydrogen-bond acceptors (Lipinski definition) is 3. The third-order valence-electron chi connectivity index (χ3n) is 7.43. The first-order valence-electron chi connectivity index (χ1n) is 13.0. The van der Waals surface area contributed by atoms with E-state index in [9.17, 15) is 14.7 Å². The fourth-order valence-corrected chi connectivity index (χ4v) is 5.23. The number of benzene rings is 4. The molecular formula is C33H32N2O3. The smallest absolute Gasteiger partial charge is 0.251 e. The molecule has 5 heteroatoms. The molecule has 4 aromatic carbocycles. The van der Waals surface area contributed by atoms with E-state index in [1.165, 1.54) is 0 Å². The summed E-state index contributed by atoms with van der Waals surface area (Å²) in [5.74, 6) is -0.181. The van der Waals surface area contributed by atoms with Crippen LogP contribution in [0.5, 0.6) is 0 Å². The quantitative estimate of drug-likeness (QED) is 0.377. The van der Waals surface area contributed by atoms with Crippen LogP contribution in [-0.4, -0.2) is 34.4 Å². The molecule has 1 aliphatic rings. The van der Waals surface area contributed by atoms with Crippen molar-refractivity contribution in [1.29, 1.82) is 0 Å². The monoisotopic (exact) mass is 504 g/mol. The second-order valence-corrected chi connectivity index (χ2v) is 9.90. The van der Waals surface area contributed by atoms with Crippen molar-refractivity contribution in [1.82, 2.24) is 10.2 Å². The fraction of sp³-hybridized carbons (Fsp3) is 0.212. The first-order valence-corrected chi connectivity index (χ1v) is 13.0. The van der Waals surface area contributed by atoms with Gasteiger partial charge in [0.2, 0.25) is 5.91 Å². The molecule has 0 saturated carbocycles. The molecule has 0 fully saturated rings. The molecule has 1 heterocycles. The summed E-state index contributed by atoms with van der Waals surface area (Å²) in [5, 5.41) is 15.0. The lowest BCUT2D eigenvalue weighted by atomic mass is 9.80. The highest BCUT2D eigenvalue weighted by atomic mass is 16.3. The summed E-state index contributed by atoms with van der Waals surface area (Å²) >= 11 is 0. The Morgan fingerprint density at radius 3 is 2.03 bits per heavy atom. The fourth-order valence-electron chi connectivity index (χ4n) is 5.23. The summed E-state index contributed by atoms with van der Waals surface area (Å²) in [6, 6.07) is 33.6. The Balaban J connectivity index is 1.33. The van der Waals surface area contributed by atoms with E-state index in [0.29, 0.717) is 36.2 Å². The molecule has 5 rings (SSSR count). The van der Waals surface area contributed by atoms with E-state index < -0.39 is 11.6 Å². The van der Waals surface area contributed by atoms with Gasteiger partial charge in [0, 0.05) is 18.7 Å². The minimum Gasteiger partial charge on any atom is -0.378 e. The number of aliphatic hydroxyl groups is 1. The van der Waals surface area contributed by atoms with Gasteiger partial charge in [-0.2, -0.15) is 0 Å². The minimum absolute atomic E-state index is 0.0844. The average Bonchev–Trinajstić information content (AvgIpc) is 2.97. The third-order valence-corrected chi connectivity index (χ3v) is 7.43. The van der Waals surface area contributed by atoms with E-state index in [2.05, 4.69) is 5.32 Å². The van der Waals surface area contributed by atoms with Gasteiger partial charge >= 0.3 is 0 Å². The number of rotatable bonds is 7. The van der Waals surface area contributed by atoms with Gasteiger partial charge in [0.25, 0.3) is 5.91 Å². The van der Waals surface area contributed by atoms with Crippen LogP contribution in [0.3, 0.4) is 0 Å². The number of amides is 2. The molecule has 1 aliphatic heterocycles. The highest BCUT2D eigenvalue weighted by Gasteiger charge is 2.38. The molecule has 2 amide bonds. The topological polar surface area (TPSA) is 69.6 Å². The van der Waals surface area contributed by atoms with Crippen LogP contribution in [0.15, 0.2) is 109 Å². The van der Waals surface area contributed by atoms with Gasteiger partial charge in [-0.1, -0.05) is 97.1 Å². The lowest BCUT2D eigenvalue weighted by Gasteiger charge is -2.36. The Labute approximate surface area is 223 Å². The molecule has 0 spiro atoms. The van der Waals surface area contributed by atoms with Crippen molar-refractivity contribution in [3.63, 3.8) is 0 Å². The SMILES string of the molecule is C[C@H](NC(=O)c1ccc2c(c1)CN(C(=O)Cc1ccccc1)CC2)C(O)(c1ccccc1)c1ccccc1. The molecule has 0 radical (unpaired) electrons. The van der Waals surface area contributed by atoms with Crippen molar-refractivity contribution in [2.45, 2.75) is 38.0 Å². The molecule has 4 aromatic rings. The van der Waals surface area contributed by atoms with Gasteiger partial charge in [-0.3, -0.25) is 9.59 Å². The largest absolute Gasteiger partial charge is 0.378 e. The summed E-state index contributed by atoms with van der Waals surface area (Å²) in [4.78, 5) is 28.2. The lowest BCUT2D eigenvalue weighted by Crippen LogP contribution is -2.49. The Morgan fingerprint density at radius 1 is 0.842 bits per heavy atom. The maximum Gasteiger partial charge on any atom is 0.251 e. The molecule has 0 bridgehead atoms. The van der Waals surface area contributed by atoms with Crippen molar-refractivity contribution in [2.75, 3.05) is 6.54 Å². The number of carbonyl (C=O) groups excluding carboxylic acids is 2. The van der Waals surface area contributed by atoms with Gasteiger partial charge in [0.05, 0.1) is 12.5 Å². The third kappa shape index (κ3) is 5.24. The molecule has 1 atom stereocenters. The number of nitrogens with zero attached hydrogens (tertiary/aromatic N) is 1. The summed E-state index contributed by atoms with van der Waals surface area (Å²) in [6.45, 7) is 2.97. The molecule has 192 valence electrons. The van der Waals surface area contributed by atoms with Crippen LogP contribution in [-0.2, 0) is 29.8 Å². The van der Waals surface area contributed by atoms with Crippen molar-refractivity contribution >= 4 is 11.8 Å². The Morgan fingerprint density at radius 2 is 1.42 bits per heavy atom. The molecular weight excluding hydrogens is 472 g/mol. The Hall–Kier alpha value is -4.22. The van der Waals surface area contributed by atoms with E-state index in [-0.39, 0.29) is 11.8 Å². The summed E-state index contributed by atoms with van der Waals surface area (Å²) in [6.07, 6.45) is 1.13. The van der Waals surface area contributed by atoms with Crippen molar-refractivity contribution < 1.29 is 14.7 Å². The highest BCUT2D eigenvalue weighted by molar-refractivity contribution is 5.95. The van der Waals surface area contributed by atoms with Gasteiger partial charge in [-0.15, -0.1) is 0 Å². The van der Waals surface area contributed by atoms with Gasteiger partial charge in [-0.05, 0) is 53.3 Å². The molecule has 0 saturated heterocycles. The standard InChI is InChI=1S/C33H32N2O3/c1-24(33(38,29-13-7-3-8-14-29)30-15-9-4-10-16-30)34-32(37)27-18-17-26-19-20-35(23-28(26)22-27)31(36)21-25-11-5-2-6-12-25/h2-18,22,24,38H,19-21,23H2,1H3,(H,34,37)/t24-/m0/s1. The second kappa shape index (κ2) is 11.0. The normalized spacial score (nSPS) is 13.9. The molecule has 2 N–H and O–H groups in total. The van der Waals surface area contributed by atoms with Crippen LogP contribution in [0.2, 0.25) is 0 Å². The summed E-state index contributed by atoms with van der Waals surface area (Å²) < 4.78 is 0.